The van der Waals surface area contributed by atoms with E-state index in [1.54, 1.807) is 23.5 Å². The maximum Gasteiger partial charge on any atom is 0.243 e. The van der Waals surface area contributed by atoms with E-state index >= 15 is 0 Å². The number of halogens is 1. The lowest BCUT2D eigenvalue weighted by Gasteiger charge is -2.20. The minimum Gasteiger partial charge on any atom is -0.326 e. The summed E-state index contributed by atoms with van der Waals surface area (Å²) in [7, 11) is -3.55. The fraction of sp³-hybridized carbons (Fsp3) is 0.286. The van der Waals surface area contributed by atoms with E-state index in [-0.39, 0.29) is 11.4 Å². The van der Waals surface area contributed by atoms with Gasteiger partial charge in [-0.05, 0) is 35.2 Å². The number of nitrogens with zero attached hydrogens (tertiary/aromatic N) is 1. The van der Waals surface area contributed by atoms with Crippen LogP contribution in [0.4, 0.5) is 0 Å². The summed E-state index contributed by atoms with van der Waals surface area (Å²) < 4.78 is 26.9. The first kappa shape index (κ1) is 16.5. The molecule has 0 fully saturated rings. The second-order valence-corrected chi connectivity index (χ2v) is 7.85. The normalized spacial score (nSPS) is 12.0. The number of sulfonamides is 1. The van der Waals surface area contributed by atoms with Gasteiger partial charge in [0.25, 0.3) is 0 Å². The first-order valence-corrected chi connectivity index (χ1v) is 9.19. The summed E-state index contributed by atoms with van der Waals surface area (Å²) in [5, 5.41) is 2.42. The molecule has 0 aliphatic carbocycles. The summed E-state index contributed by atoms with van der Waals surface area (Å²) in [6.45, 7) is 2.81. The molecule has 0 bridgehead atoms. The van der Waals surface area contributed by atoms with Crippen LogP contribution in [0, 0.1) is 0 Å². The predicted octanol–water partition coefficient (Wildman–Crippen LogP) is 3.07. The number of rotatable bonds is 6. The van der Waals surface area contributed by atoms with Crippen LogP contribution in [0.5, 0.6) is 0 Å². The highest BCUT2D eigenvalue weighted by molar-refractivity contribution is 7.89. The summed E-state index contributed by atoms with van der Waals surface area (Å²) in [5.74, 6) is 0. The molecule has 1 aromatic heterocycles. The van der Waals surface area contributed by atoms with Crippen LogP contribution in [0.25, 0.3) is 0 Å². The minimum absolute atomic E-state index is 0.208. The number of hydrogen-bond donors (Lipinski definition) is 1. The van der Waals surface area contributed by atoms with Gasteiger partial charge in [-0.25, -0.2) is 8.42 Å². The van der Waals surface area contributed by atoms with Crippen LogP contribution in [0.3, 0.4) is 0 Å². The van der Waals surface area contributed by atoms with E-state index in [4.69, 9.17) is 17.3 Å². The van der Waals surface area contributed by atoms with E-state index in [1.165, 1.54) is 10.4 Å². The van der Waals surface area contributed by atoms with Gasteiger partial charge in [0.2, 0.25) is 10.0 Å². The fourth-order valence-electron chi connectivity index (χ4n) is 1.96. The Kier molecular flexibility index (Phi) is 5.40. The Bertz CT molecular complexity index is 700. The Morgan fingerprint density at radius 1 is 1.33 bits per heavy atom. The van der Waals surface area contributed by atoms with Gasteiger partial charge < -0.3 is 5.73 Å². The Morgan fingerprint density at radius 3 is 2.67 bits per heavy atom. The van der Waals surface area contributed by atoms with Gasteiger partial charge in [-0.1, -0.05) is 24.6 Å². The van der Waals surface area contributed by atoms with E-state index in [0.29, 0.717) is 23.7 Å². The van der Waals surface area contributed by atoms with Gasteiger partial charge >= 0.3 is 0 Å². The van der Waals surface area contributed by atoms with Crippen LogP contribution in [0.1, 0.15) is 17.4 Å². The van der Waals surface area contributed by atoms with Gasteiger partial charge in [-0.15, -0.1) is 11.3 Å². The monoisotopic (exact) mass is 344 g/mol. The van der Waals surface area contributed by atoms with Crippen LogP contribution in [0.2, 0.25) is 5.02 Å². The van der Waals surface area contributed by atoms with Crippen molar-refractivity contribution in [2.75, 3.05) is 6.54 Å². The van der Waals surface area contributed by atoms with Gasteiger partial charge in [0.05, 0.1) is 4.90 Å². The van der Waals surface area contributed by atoms with Gasteiger partial charge in [0.1, 0.15) is 0 Å². The van der Waals surface area contributed by atoms with Crippen LogP contribution in [-0.2, 0) is 23.1 Å². The highest BCUT2D eigenvalue weighted by Crippen LogP contribution is 2.24. The van der Waals surface area contributed by atoms with E-state index in [0.717, 1.165) is 4.88 Å². The van der Waals surface area contributed by atoms with Crippen molar-refractivity contribution < 1.29 is 8.42 Å². The molecule has 1 aromatic carbocycles. The van der Waals surface area contributed by atoms with Crippen LogP contribution in [0.15, 0.2) is 40.6 Å². The maximum absolute atomic E-state index is 12.7. The Hall–Kier alpha value is -0.920. The highest BCUT2D eigenvalue weighted by Gasteiger charge is 2.24. The highest BCUT2D eigenvalue weighted by atomic mass is 35.5. The van der Waals surface area contributed by atoms with Crippen molar-refractivity contribution in [3.8, 4) is 0 Å². The number of thiophene rings is 1. The molecule has 0 aliphatic rings. The summed E-state index contributed by atoms with van der Waals surface area (Å²) in [5.41, 5.74) is 6.22. The van der Waals surface area contributed by atoms with Gasteiger partial charge in [-0.3, -0.25) is 0 Å². The molecule has 7 heteroatoms. The number of nitrogens with two attached hydrogens (primary N) is 1. The van der Waals surface area contributed by atoms with Gasteiger partial charge in [-0.2, -0.15) is 4.31 Å². The molecule has 1 heterocycles. The van der Waals surface area contributed by atoms with Crippen LogP contribution >= 0.6 is 22.9 Å². The second kappa shape index (κ2) is 6.89. The van der Waals surface area contributed by atoms with Crippen molar-refractivity contribution in [2.45, 2.75) is 24.9 Å². The summed E-state index contributed by atoms with van der Waals surface area (Å²) >= 11 is 7.53. The molecule has 0 radical (unpaired) electrons. The summed E-state index contributed by atoms with van der Waals surface area (Å²) in [6.07, 6.45) is 0. The summed E-state index contributed by atoms with van der Waals surface area (Å²) in [6, 6.07) is 8.49. The molecule has 2 N–H and O–H groups in total. The Balaban J connectivity index is 2.35. The molecule has 0 spiro atoms. The average Bonchev–Trinajstić information content (AvgIpc) is 2.97. The third-order valence-corrected chi connectivity index (χ3v) is 6.29. The Morgan fingerprint density at radius 2 is 2.10 bits per heavy atom. The van der Waals surface area contributed by atoms with Crippen LogP contribution in [-0.4, -0.2) is 19.3 Å². The molecule has 21 heavy (non-hydrogen) atoms. The fourth-order valence-corrected chi connectivity index (χ4v) is 4.43. The van der Waals surface area contributed by atoms with Crippen molar-refractivity contribution in [3.05, 3.63) is 51.2 Å². The molecule has 0 amide bonds. The van der Waals surface area contributed by atoms with E-state index < -0.39 is 10.0 Å². The molecule has 4 nitrogen and oxygen atoms in total. The Labute approximate surface area is 134 Å². The van der Waals surface area contributed by atoms with E-state index in [2.05, 4.69) is 0 Å². The molecule has 2 rings (SSSR count). The molecule has 0 aliphatic heterocycles. The lowest BCUT2D eigenvalue weighted by molar-refractivity contribution is 0.426. The standard InChI is InChI=1S/C14H17ClN2O2S2/c1-2-17(10-12-4-3-7-20-12)21(18,19)13-5-6-14(15)11(8-13)9-16/h3-8H,2,9-10,16H2,1H3. The second-order valence-electron chi connectivity index (χ2n) is 4.47. The van der Waals surface area contributed by atoms with Gasteiger partial charge in [0.15, 0.2) is 0 Å². The number of hydrogen-bond acceptors (Lipinski definition) is 4. The maximum atomic E-state index is 12.7. The predicted molar refractivity (Wildman–Crippen MR) is 86.9 cm³/mol. The number of benzene rings is 1. The first-order valence-electron chi connectivity index (χ1n) is 6.50. The molecule has 114 valence electrons. The molecular formula is C14H17ClN2O2S2. The van der Waals surface area contributed by atoms with Crippen molar-refractivity contribution >= 4 is 33.0 Å². The quantitative estimate of drug-likeness (QED) is 0.875. The molecule has 0 saturated heterocycles. The van der Waals surface area contributed by atoms with Crippen LogP contribution < -0.4 is 5.73 Å². The zero-order valence-corrected chi connectivity index (χ0v) is 14.0. The third kappa shape index (κ3) is 3.64. The lowest BCUT2D eigenvalue weighted by Crippen LogP contribution is -2.30. The summed E-state index contributed by atoms with van der Waals surface area (Å²) in [4.78, 5) is 1.24. The van der Waals surface area contributed by atoms with Crippen molar-refractivity contribution in [1.29, 1.82) is 0 Å². The van der Waals surface area contributed by atoms with Crippen molar-refractivity contribution in [2.24, 2.45) is 5.73 Å². The average molecular weight is 345 g/mol. The van der Waals surface area contributed by atoms with Gasteiger partial charge in [0, 0.05) is 29.5 Å². The van der Waals surface area contributed by atoms with E-state index in [9.17, 15) is 8.42 Å². The van der Waals surface area contributed by atoms with E-state index in [1.807, 2.05) is 24.4 Å². The third-order valence-electron chi connectivity index (χ3n) is 3.14. The SMILES string of the molecule is CCN(Cc1cccs1)S(=O)(=O)c1ccc(Cl)c(CN)c1. The topological polar surface area (TPSA) is 63.4 Å². The molecule has 0 saturated carbocycles. The largest absolute Gasteiger partial charge is 0.326 e. The first-order chi connectivity index (χ1) is 9.98. The minimum atomic E-state index is -3.55. The molecule has 2 aromatic rings. The zero-order valence-electron chi connectivity index (χ0n) is 11.6. The zero-order chi connectivity index (χ0) is 15.5. The van der Waals surface area contributed by atoms with Crippen molar-refractivity contribution in [1.82, 2.24) is 4.31 Å². The molecule has 0 atom stereocenters. The molecular weight excluding hydrogens is 328 g/mol. The van der Waals surface area contributed by atoms with Crippen molar-refractivity contribution in [3.63, 3.8) is 0 Å². The smallest absolute Gasteiger partial charge is 0.243 e. The lowest BCUT2D eigenvalue weighted by atomic mass is 10.2. The molecule has 0 unspecified atom stereocenters.